The summed E-state index contributed by atoms with van der Waals surface area (Å²) in [7, 11) is 0. The molecule has 0 aromatic carbocycles. The smallest absolute Gasteiger partial charge is 0.311 e. The molecule has 7 nitrogen and oxygen atoms in total. The average Bonchev–Trinajstić information content (AvgIpc) is 2.43. The second kappa shape index (κ2) is 8.10. The van der Waals surface area contributed by atoms with Crippen molar-refractivity contribution in [3.05, 3.63) is 0 Å². The molecule has 0 aliphatic carbocycles. The highest BCUT2D eigenvalue weighted by atomic mass is 16.7. The third-order valence-electron chi connectivity index (χ3n) is 4.90. The molecular formula is C19H34O7. The van der Waals surface area contributed by atoms with Crippen LogP contribution in [-0.4, -0.2) is 64.2 Å². The number of esters is 1. The molecule has 2 saturated heterocycles. The number of hydrogen-bond donors (Lipinski definition) is 3. The Bertz CT molecular complexity index is 485. The van der Waals surface area contributed by atoms with Crippen LogP contribution in [-0.2, 0) is 19.0 Å². The third kappa shape index (κ3) is 5.89. The maximum atomic E-state index is 11.9. The zero-order valence-corrected chi connectivity index (χ0v) is 16.4. The summed E-state index contributed by atoms with van der Waals surface area (Å²) in [6.45, 7) is 7.29. The molecule has 0 aromatic rings. The predicted octanol–water partition coefficient (Wildman–Crippen LogP) is 1.51. The summed E-state index contributed by atoms with van der Waals surface area (Å²) < 4.78 is 17.5. The van der Waals surface area contributed by atoms with Gasteiger partial charge >= 0.3 is 5.97 Å². The van der Waals surface area contributed by atoms with Crippen molar-refractivity contribution in [1.29, 1.82) is 0 Å². The van der Waals surface area contributed by atoms with E-state index in [0.717, 1.165) is 0 Å². The van der Waals surface area contributed by atoms with Gasteiger partial charge in [-0.1, -0.05) is 0 Å². The van der Waals surface area contributed by atoms with Gasteiger partial charge in [0.1, 0.15) is 0 Å². The van der Waals surface area contributed by atoms with E-state index in [0.29, 0.717) is 25.7 Å². The van der Waals surface area contributed by atoms with E-state index >= 15 is 0 Å². The van der Waals surface area contributed by atoms with Gasteiger partial charge in [0.2, 0.25) is 0 Å². The van der Waals surface area contributed by atoms with E-state index < -0.39 is 22.9 Å². The van der Waals surface area contributed by atoms with Crippen molar-refractivity contribution < 1.29 is 34.3 Å². The molecule has 0 bridgehead atoms. The van der Waals surface area contributed by atoms with Crippen LogP contribution in [0.1, 0.15) is 66.2 Å². The van der Waals surface area contributed by atoms with Gasteiger partial charge in [-0.05, 0) is 40.5 Å². The van der Waals surface area contributed by atoms with E-state index in [2.05, 4.69) is 0 Å². The lowest BCUT2D eigenvalue weighted by atomic mass is 9.81. The normalized spacial score (nSPS) is 38.3. The molecule has 26 heavy (non-hydrogen) atoms. The van der Waals surface area contributed by atoms with Gasteiger partial charge in [0, 0.05) is 32.3 Å². The molecule has 0 amide bonds. The van der Waals surface area contributed by atoms with E-state index in [-0.39, 0.29) is 44.2 Å². The first-order chi connectivity index (χ1) is 11.9. The van der Waals surface area contributed by atoms with Crippen LogP contribution in [0.2, 0.25) is 0 Å². The molecule has 0 radical (unpaired) electrons. The van der Waals surface area contributed by atoms with Crippen LogP contribution in [0.4, 0.5) is 0 Å². The number of carbonyl (C=O) groups excluding carboxylic acids is 1. The second-order valence-electron chi connectivity index (χ2n) is 9.05. The summed E-state index contributed by atoms with van der Waals surface area (Å²) in [6.07, 6.45) is 1.01. The van der Waals surface area contributed by atoms with Crippen molar-refractivity contribution in [3.8, 4) is 0 Å². The lowest BCUT2D eigenvalue weighted by molar-refractivity contribution is -0.351. The summed E-state index contributed by atoms with van der Waals surface area (Å²) in [5, 5.41) is 30.1. The Kier molecular flexibility index (Phi) is 6.72. The van der Waals surface area contributed by atoms with E-state index in [4.69, 9.17) is 14.2 Å². The van der Waals surface area contributed by atoms with Crippen molar-refractivity contribution in [2.45, 2.75) is 95.9 Å². The molecule has 2 aliphatic rings. The zero-order valence-electron chi connectivity index (χ0n) is 16.4. The van der Waals surface area contributed by atoms with Gasteiger partial charge in [0.25, 0.3) is 0 Å². The van der Waals surface area contributed by atoms with Crippen molar-refractivity contribution in [2.24, 2.45) is 5.41 Å². The van der Waals surface area contributed by atoms with Crippen LogP contribution in [0.25, 0.3) is 0 Å². The Labute approximate surface area is 155 Å². The molecule has 5 atom stereocenters. The minimum atomic E-state index is -1.07. The Morgan fingerprint density at radius 3 is 2.46 bits per heavy atom. The van der Waals surface area contributed by atoms with Gasteiger partial charge in [-0.2, -0.15) is 0 Å². The summed E-state index contributed by atoms with van der Waals surface area (Å²) >= 11 is 0. The van der Waals surface area contributed by atoms with Crippen molar-refractivity contribution in [3.63, 3.8) is 0 Å². The van der Waals surface area contributed by atoms with Gasteiger partial charge in [0.05, 0.1) is 35.9 Å². The fourth-order valence-electron chi connectivity index (χ4n) is 3.85. The van der Waals surface area contributed by atoms with Gasteiger partial charge in [-0.3, -0.25) is 4.79 Å². The second-order valence-corrected chi connectivity index (χ2v) is 9.05. The van der Waals surface area contributed by atoms with Crippen molar-refractivity contribution in [1.82, 2.24) is 0 Å². The fourth-order valence-corrected chi connectivity index (χ4v) is 3.85. The zero-order chi connectivity index (χ0) is 19.6. The Hall–Kier alpha value is -0.730. The highest BCUT2D eigenvalue weighted by Gasteiger charge is 2.51. The first kappa shape index (κ1) is 21.6. The third-order valence-corrected chi connectivity index (χ3v) is 4.90. The molecule has 2 fully saturated rings. The Morgan fingerprint density at radius 2 is 1.85 bits per heavy atom. The van der Waals surface area contributed by atoms with Crippen LogP contribution >= 0.6 is 0 Å². The molecule has 0 unspecified atom stereocenters. The minimum Gasteiger partial charge on any atom is -0.465 e. The fraction of sp³-hybridized carbons (Fsp3) is 0.947. The molecule has 0 saturated carbocycles. The topological polar surface area (TPSA) is 105 Å². The number of hydrogen-bond acceptors (Lipinski definition) is 7. The highest BCUT2D eigenvalue weighted by Crippen LogP contribution is 2.44. The minimum absolute atomic E-state index is 0.0317. The molecular weight excluding hydrogens is 340 g/mol. The van der Waals surface area contributed by atoms with E-state index in [1.807, 2.05) is 0 Å². The van der Waals surface area contributed by atoms with Crippen LogP contribution in [0, 0.1) is 5.41 Å². The number of aliphatic hydroxyl groups excluding tert-OH is 2. The van der Waals surface area contributed by atoms with Crippen LogP contribution in [0.5, 0.6) is 0 Å². The first-order valence-electron chi connectivity index (χ1n) is 9.49. The van der Waals surface area contributed by atoms with E-state index in [1.165, 1.54) is 0 Å². The van der Waals surface area contributed by atoms with Crippen LogP contribution in [0.3, 0.4) is 0 Å². The Balaban J connectivity index is 2.00. The molecule has 152 valence electrons. The van der Waals surface area contributed by atoms with Crippen LogP contribution < -0.4 is 0 Å². The summed E-state index contributed by atoms with van der Waals surface area (Å²) in [5.74, 6) is -1.35. The summed E-state index contributed by atoms with van der Waals surface area (Å²) in [6, 6.07) is 0. The molecule has 2 heterocycles. The molecule has 1 spiro atoms. The maximum Gasteiger partial charge on any atom is 0.311 e. The van der Waals surface area contributed by atoms with Gasteiger partial charge < -0.3 is 29.5 Å². The van der Waals surface area contributed by atoms with Gasteiger partial charge in [-0.15, -0.1) is 0 Å². The molecule has 3 N–H and O–H groups in total. The SMILES string of the molecule is CC(C)(C)C(=O)OCC[C@H]1C[C@](C)(O)C[C@@]2(C[C@@H](O)C[C@H](CCO)O2)O1. The molecule has 2 rings (SSSR count). The average molecular weight is 374 g/mol. The van der Waals surface area contributed by atoms with Gasteiger partial charge in [-0.25, -0.2) is 0 Å². The lowest BCUT2D eigenvalue weighted by Gasteiger charge is -2.51. The van der Waals surface area contributed by atoms with E-state index in [1.54, 1.807) is 27.7 Å². The van der Waals surface area contributed by atoms with Crippen LogP contribution in [0.15, 0.2) is 0 Å². The standard InChI is InChI=1S/C19H34O7/c1-17(2,3)16(22)24-8-6-15-11-18(4,23)12-19(26-15)10-13(21)9-14(25-19)5-7-20/h13-15,20-21,23H,5-12H2,1-4H3/t13-,14-,15-,18-,19+/m0/s1. The first-order valence-corrected chi connectivity index (χ1v) is 9.49. The monoisotopic (exact) mass is 374 g/mol. The van der Waals surface area contributed by atoms with Crippen molar-refractivity contribution in [2.75, 3.05) is 13.2 Å². The molecule has 2 aliphatic heterocycles. The highest BCUT2D eigenvalue weighted by molar-refractivity contribution is 5.75. The quantitative estimate of drug-likeness (QED) is 0.627. The molecule has 7 heteroatoms. The number of carbonyl (C=O) groups is 1. The number of rotatable bonds is 5. The largest absolute Gasteiger partial charge is 0.465 e. The Morgan fingerprint density at radius 1 is 1.19 bits per heavy atom. The van der Waals surface area contributed by atoms with E-state index in [9.17, 15) is 20.1 Å². The van der Waals surface area contributed by atoms with Gasteiger partial charge in [0.15, 0.2) is 5.79 Å². The number of ether oxygens (including phenoxy) is 3. The summed E-state index contributed by atoms with van der Waals surface area (Å²) in [4.78, 5) is 11.9. The lowest BCUT2D eigenvalue weighted by Crippen LogP contribution is -2.58. The molecule has 0 aromatic heterocycles. The predicted molar refractivity (Wildman–Crippen MR) is 94.3 cm³/mol. The van der Waals surface area contributed by atoms with Crippen molar-refractivity contribution >= 4 is 5.97 Å². The maximum absolute atomic E-state index is 11.9. The number of aliphatic hydroxyl groups is 3. The summed E-state index contributed by atoms with van der Waals surface area (Å²) in [5.41, 5.74) is -1.56.